The molecular formula is C10H14N2. The largest absolute Gasteiger partial charge is 0.241 e. The first-order chi connectivity index (χ1) is 5.90. The highest BCUT2D eigenvalue weighted by Gasteiger charge is 2.23. The second kappa shape index (κ2) is 3.21. The maximum atomic E-state index is 4.32. The molecule has 2 heteroatoms. The molecule has 1 aliphatic carbocycles. The van der Waals surface area contributed by atoms with E-state index in [1.807, 2.05) is 12.4 Å². The summed E-state index contributed by atoms with van der Waals surface area (Å²) in [7, 11) is 0. The predicted octanol–water partition coefficient (Wildman–Crippen LogP) is 2.31. The van der Waals surface area contributed by atoms with Crippen molar-refractivity contribution >= 4 is 0 Å². The van der Waals surface area contributed by atoms with E-state index in [0.717, 1.165) is 24.6 Å². The van der Waals surface area contributed by atoms with Gasteiger partial charge in [0.05, 0.1) is 0 Å². The van der Waals surface area contributed by atoms with Crippen molar-refractivity contribution in [3.8, 4) is 0 Å². The van der Waals surface area contributed by atoms with Gasteiger partial charge in [-0.15, -0.1) is 0 Å². The zero-order valence-corrected chi connectivity index (χ0v) is 7.45. The SMILES string of the molecule is CCCc1ncc(C2CC2)cn1. The van der Waals surface area contributed by atoms with Gasteiger partial charge in [0.15, 0.2) is 0 Å². The lowest BCUT2D eigenvalue weighted by Gasteiger charge is -1.98. The molecule has 0 aromatic carbocycles. The van der Waals surface area contributed by atoms with Crippen molar-refractivity contribution in [1.29, 1.82) is 0 Å². The van der Waals surface area contributed by atoms with E-state index in [9.17, 15) is 0 Å². The lowest BCUT2D eigenvalue weighted by atomic mass is 10.2. The lowest BCUT2D eigenvalue weighted by molar-refractivity contribution is 0.824. The summed E-state index contributed by atoms with van der Waals surface area (Å²) in [5.74, 6) is 1.77. The zero-order chi connectivity index (χ0) is 8.39. The van der Waals surface area contributed by atoms with Crippen LogP contribution in [0.1, 0.15) is 43.5 Å². The van der Waals surface area contributed by atoms with E-state index in [1.54, 1.807) is 0 Å². The maximum Gasteiger partial charge on any atom is 0.128 e. The van der Waals surface area contributed by atoms with Crippen LogP contribution in [0.5, 0.6) is 0 Å². The topological polar surface area (TPSA) is 25.8 Å². The molecule has 2 rings (SSSR count). The number of aryl methyl sites for hydroxylation is 1. The minimum atomic E-state index is 0.778. The van der Waals surface area contributed by atoms with Crippen LogP contribution in [0, 0.1) is 0 Å². The first-order valence-corrected chi connectivity index (χ1v) is 4.71. The smallest absolute Gasteiger partial charge is 0.128 e. The second-order valence-corrected chi connectivity index (χ2v) is 3.46. The molecule has 0 N–H and O–H groups in total. The summed E-state index contributed by atoms with van der Waals surface area (Å²) >= 11 is 0. The van der Waals surface area contributed by atoms with Crippen LogP contribution in [-0.4, -0.2) is 9.97 Å². The molecule has 0 radical (unpaired) electrons. The molecule has 1 aliphatic rings. The minimum Gasteiger partial charge on any atom is -0.241 e. The van der Waals surface area contributed by atoms with Gasteiger partial charge in [0.1, 0.15) is 5.82 Å². The van der Waals surface area contributed by atoms with Crippen LogP contribution in [0.15, 0.2) is 12.4 Å². The van der Waals surface area contributed by atoms with Gasteiger partial charge in [-0.05, 0) is 30.7 Å². The first kappa shape index (κ1) is 7.71. The Hall–Kier alpha value is -0.920. The molecule has 64 valence electrons. The van der Waals surface area contributed by atoms with Gasteiger partial charge >= 0.3 is 0 Å². The van der Waals surface area contributed by atoms with E-state index in [2.05, 4.69) is 16.9 Å². The summed E-state index contributed by atoms with van der Waals surface area (Å²) in [6.07, 6.45) is 8.78. The third-order valence-corrected chi connectivity index (χ3v) is 2.25. The molecule has 0 atom stereocenters. The molecule has 0 amide bonds. The van der Waals surface area contributed by atoms with Crippen LogP contribution in [0.25, 0.3) is 0 Å². The van der Waals surface area contributed by atoms with Gasteiger partial charge in [0, 0.05) is 18.8 Å². The third kappa shape index (κ3) is 1.63. The van der Waals surface area contributed by atoms with Crippen LogP contribution in [-0.2, 0) is 6.42 Å². The first-order valence-electron chi connectivity index (χ1n) is 4.71. The van der Waals surface area contributed by atoms with Gasteiger partial charge in [-0.3, -0.25) is 0 Å². The number of rotatable bonds is 3. The van der Waals surface area contributed by atoms with Crippen molar-refractivity contribution in [1.82, 2.24) is 9.97 Å². The lowest BCUT2D eigenvalue weighted by Crippen LogP contribution is -1.94. The number of hydrogen-bond acceptors (Lipinski definition) is 2. The summed E-state index contributed by atoms with van der Waals surface area (Å²) in [5.41, 5.74) is 1.33. The van der Waals surface area contributed by atoms with E-state index in [1.165, 1.54) is 18.4 Å². The molecule has 0 bridgehead atoms. The Kier molecular flexibility index (Phi) is 2.07. The molecule has 1 heterocycles. The summed E-state index contributed by atoms with van der Waals surface area (Å²) in [5, 5.41) is 0. The van der Waals surface area contributed by atoms with Crippen LogP contribution in [0.4, 0.5) is 0 Å². The molecule has 1 aromatic heterocycles. The molecule has 0 spiro atoms. The van der Waals surface area contributed by atoms with E-state index in [4.69, 9.17) is 0 Å². The highest BCUT2D eigenvalue weighted by atomic mass is 14.9. The summed E-state index contributed by atoms with van der Waals surface area (Å²) < 4.78 is 0. The Balaban J connectivity index is 2.08. The Bertz CT molecular complexity index is 249. The fraction of sp³-hybridized carbons (Fsp3) is 0.600. The molecule has 0 unspecified atom stereocenters. The number of nitrogens with zero attached hydrogens (tertiary/aromatic N) is 2. The molecule has 1 aromatic rings. The highest BCUT2D eigenvalue weighted by molar-refractivity contribution is 5.16. The molecule has 0 saturated heterocycles. The van der Waals surface area contributed by atoms with E-state index in [0.29, 0.717) is 0 Å². The molecular weight excluding hydrogens is 148 g/mol. The normalized spacial score (nSPS) is 16.4. The average molecular weight is 162 g/mol. The van der Waals surface area contributed by atoms with Gasteiger partial charge in [-0.1, -0.05) is 6.92 Å². The number of hydrogen-bond donors (Lipinski definition) is 0. The van der Waals surface area contributed by atoms with Gasteiger partial charge < -0.3 is 0 Å². The van der Waals surface area contributed by atoms with Gasteiger partial charge in [-0.2, -0.15) is 0 Å². The molecule has 1 fully saturated rings. The maximum absolute atomic E-state index is 4.32. The van der Waals surface area contributed by atoms with Crippen LogP contribution < -0.4 is 0 Å². The Labute approximate surface area is 73.1 Å². The summed E-state index contributed by atoms with van der Waals surface area (Å²) in [6.45, 7) is 2.15. The monoisotopic (exact) mass is 162 g/mol. The van der Waals surface area contributed by atoms with E-state index in [-0.39, 0.29) is 0 Å². The van der Waals surface area contributed by atoms with Gasteiger partial charge in [0.2, 0.25) is 0 Å². The molecule has 2 nitrogen and oxygen atoms in total. The van der Waals surface area contributed by atoms with Crippen LogP contribution >= 0.6 is 0 Å². The Morgan fingerprint density at radius 2 is 2.00 bits per heavy atom. The molecule has 1 saturated carbocycles. The minimum absolute atomic E-state index is 0.778. The van der Waals surface area contributed by atoms with Crippen molar-refractivity contribution < 1.29 is 0 Å². The molecule has 0 aliphatic heterocycles. The summed E-state index contributed by atoms with van der Waals surface area (Å²) in [4.78, 5) is 8.64. The number of aromatic nitrogens is 2. The fourth-order valence-corrected chi connectivity index (χ4v) is 1.34. The van der Waals surface area contributed by atoms with Crippen molar-refractivity contribution in [2.75, 3.05) is 0 Å². The van der Waals surface area contributed by atoms with E-state index >= 15 is 0 Å². The predicted molar refractivity (Wildman–Crippen MR) is 48.0 cm³/mol. The fourth-order valence-electron chi connectivity index (χ4n) is 1.34. The quantitative estimate of drug-likeness (QED) is 0.681. The average Bonchev–Trinajstić information content (AvgIpc) is 2.89. The van der Waals surface area contributed by atoms with Gasteiger partial charge in [-0.25, -0.2) is 9.97 Å². The Morgan fingerprint density at radius 1 is 1.33 bits per heavy atom. The molecule has 12 heavy (non-hydrogen) atoms. The standard InChI is InChI=1S/C10H14N2/c1-2-3-10-11-6-9(7-12-10)8-4-5-8/h6-8H,2-5H2,1H3. The summed E-state index contributed by atoms with van der Waals surface area (Å²) in [6, 6.07) is 0. The van der Waals surface area contributed by atoms with E-state index < -0.39 is 0 Å². The van der Waals surface area contributed by atoms with Crippen molar-refractivity contribution in [3.63, 3.8) is 0 Å². The second-order valence-electron chi connectivity index (χ2n) is 3.46. The Morgan fingerprint density at radius 3 is 2.50 bits per heavy atom. The third-order valence-electron chi connectivity index (χ3n) is 2.25. The van der Waals surface area contributed by atoms with Crippen LogP contribution in [0.2, 0.25) is 0 Å². The van der Waals surface area contributed by atoms with Gasteiger partial charge in [0.25, 0.3) is 0 Å². The van der Waals surface area contributed by atoms with Crippen molar-refractivity contribution in [3.05, 3.63) is 23.8 Å². The zero-order valence-electron chi connectivity index (χ0n) is 7.45. The van der Waals surface area contributed by atoms with Crippen molar-refractivity contribution in [2.45, 2.75) is 38.5 Å². The van der Waals surface area contributed by atoms with Crippen LogP contribution in [0.3, 0.4) is 0 Å². The highest BCUT2D eigenvalue weighted by Crippen LogP contribution is 2.39. The van der Waals surface area contributed by atoms with Crippen molar-refractivity contribution in [2.24, 2.45) is 0 Å².